The van der Waals surface area contributed by atoms with Gasteiger partial charge in [-0.3, -0.25) is 19.2 Å². The van der Waals surface area contributed by atoms with Crippen molar-refractivity contribution in [3.05, 3.63) is 0 Å². The highest BCUT2D eigenvalue weighted by Crippen LogP contribution is 2.13. The third kappa shape index (κ3) is 34.6. The molecule has 0 spiro atoms. The van der Waals surface area contributed by atoms with Crippen molar-refractivity contribution in [3.63, 3.8) is 0 Å². The lowest BCUT2D eigenvalue weighted by Crippen LogP contribution is -2.41. The second kappa shape index (κ2) is 33.4. The van der Waals surface area contributed by atoms with E-state index in [-0.39, 0.29) is 49.7 Å². The largest absolute Gasteiger partial charge is 0.481 e. The predicted molar refractivity (Wildman–Crippen MR) is 187 cm³/mol. The van der Waals surface area contributed by atoms with Crippen molar-refractivity contribution in [2.24, 2.45) is 0 Å². The van der Waals surface area contributed by atoms with E-state index in [4.69, 9.17) is 19.7 Å². The summed E-state index contributed by atoms with van der Waals surface area (Å²) >= 11 is 0. The Labute approximate surface area is 293 Å². The van der Waals surface area contributed by atoms with E-state index in [1.165, 1.54) is 51.9 Å². The lowest BCUT2D eigenvalue weighted by molar-refractivity contribution is -0.142. The predicted octanol–water partition coefficient (Wildman–Crippen LogP) is 5.08. The van der Waals surface area contributed by atoms with Gasteiger partial charge in [0.25, 0.3) is 0 Å². The zero-order valence-electron chi connectivity index (χ0n) is 30.0. The molecular formula is C36H65N3O10. The number of amides is 3. The Morgan fingerprint density at radius 2 is 0.898 bits per heavy atom. The standard InChI is InChI=1S/C36H65N3O10/c1-30(40)20-21-31(36(46)47)39-34(43)23-22-33(42)38-25-17-29-49-27-15-14-26-48-28-16-24-37-32(41)18-12-10-8-6-4-2-3-5-7-9-11-13-19-35(44)45/h31H,2-29H2,1H3,(H,37,41)(H,38,42)(H,39,43)(H,44,45)(H,46,47)/t31-/m0/s1. The Kier molecular flexibility index (Phi) is 31.3. The number of ether oxygens (including phenoxy) is 2. The summed E-state index contributed by atoms with van der Waals surface area (Å²) in [7, 11) is 0. The zero-order valence-corrected chi connectivity index (χ0v) is 30.0. The van der Waals surface area contributed by atoms with Crippen LogP contribution in [0.4, 0.5) is 0 Å². The van der Waals surface area contributed by atoms with E-state index in [1.54, 1.807) is 0 Å². The third-order valence-corrected chi connectivity index (χ3v) is 7.94. The highest BCUT2D eigenvalue weighted by atomic mass is 16.5. The first-order chi connectivity index (χ1) is 23.6. The Balaban J connectivity index is 3.41. The first kappa shape index (κ1) is 45.9. The minimum Gasteiger partial charge on any atom is -0.481 e. The number of nitrogens with one attached hydrogen (secondary N) is 3. The van der Waals surface area contributed by atoms with Crippen LogP contribution in [0.3, 0.4) is 0 Å². The molecule has 1 atom stereocenters. The van der Waals surface area contributed by atoms with E-state index < -0.39 is 23.9 Å². The van der Waals surface area contributed by atoms with Gasteiger partial charge in [0.2, 0.25) is 17.7 Å². The molecule has 5 N–H and O–H groups in total. The molecule has 0 aliphatic carbocycles. The molecule has 0 radical (unpaired) electrons. The molecule has 3 amide bonds. The SMILES string of the molecule is CC(=O)CC[C@H](NC(=O)CCC(=O)NCCCOCCCCOCCCNC(=O)CCCCCCCCCCCCCCC(=O)O)C(=O)O. The molecule has 13 heteroatoms. The molecule has 0 aliphatic heterocycles. The lowest BCUT2D eigenvalue weighted by Gasteiger charge is -2.13. The maximum Gasteiger partial charge on any atom is 0.326 e. The molecule has 13 nitrogen and oxygen atoms in total. The summed E-state index contributed by atoms with van der Waals surface area (Å²) in [6.45, 7) is 4.73. The molecule has 284 valence electrons. The van der Waals surface area contributed by atoms with Gasteiger partial charge in [0.15, 0.2) is 0 Å². The van der Waals surface area contributed by atoms with Gasteiger partial charge in [-0.1, -0.05) is 64.2 Å². The number of carbonyl (C=O) groups excluding carboxylic acids is 4. The van der Waals surface area contributed by atoms with Crippen molar-refractivity contribution >= 4 is 35.4 Å². The number of carboxylic acids is 2. The van der Waals surface area contributed by atoms with Crippen LogP contribution in [0, 0.1) is 0 Å². The fourth-order valence-electron chi connectivity index (χ4n) is 5.02. The summed E-state index contributed by atoms with van der Waals surface area (Å²) in [5.41, 5.74) is 0. The first-order valence-corrected chi connectivity index (χ1v) is 18.5. The molecule has 0 aliphatic rings. The summed E-state index contributed by atoms with van der Waals surface area (Å²) < 4.78 is 11.2. The van der Waals surface area contributed by atoms with Gasteiger partial charge in [-0.25, -0.2) is 4.79 Å². The van der Waals surface area contributed by atoms with Crippen LogP contribution >= 0.6 is 0 Å². The van der Waals surface area contributed by atoms with Gasteiger partial charge in [-0.15, -0.1) is 0 Å². The van der Waals surface area contributed by atoms with Crippen molar-refractivity contribution in [1.82, 2.24) is 16.0 Å². The molecule has 0 rings (SSSR count). The van der Waals surface area contributed by atoms with Crippen LogP contribution in [-0.4, -0.2) is 91.2 Å². The fourth-order valence-corrected chi connectivity index (χ4v) is 5.02. The first-order valence-electron chi connectivity index (χ1n) is 18.5. The van der Waals surface area contributed by atoms with E-state index in [0.29, 0.717) is 52.4 Å². The van der Waals surface area contributed by atoms with E-state index >= 15 is 0 Å². The second-order valence-corrected chi connectivity index (χ2v) is 12.7. The topological polar surface area (TPSA) is 197 Å². The number of rotatable bonds is 36. The number of hydrogen-bond donors (Lipinski definition) is 5. The van der Waals surface area contributed by atoms with Crippen molar-refractivity contribution in [1.29, 1.82) is 0 Å². The number of hydrogen-bond acceptors (Lipinski definition) is 8. The molecule has 0 unspecified atom stereocenters. The van der Waals surface area contributed by atoms with Crippen LogP contribution in [0.2, 0.25) is 0 Å². The summed E-state index contributed by atoms with van der Waals surface area (Å²) in [4.78, 5) is 68.6. The van der Waals surface area contributed by atoms with Crippen molar-refractivity contribution in [3.8, 4) is 0 Å². The Morgan fingerprint density at radius 1 is 0.490 bits per heavy atom. The van der Waals surface area contributed by atoms with Gasteiger partial charge in [0, 0.05) is 71.6 Å². The second-order valence-electron chi connectivity index (χ2n) is 12.7. The molecule has 0 saturated carbocycles. The lowest BCUT2D eigenvalue weighted by atomic mass is 10.0. The summed E-state index contributed by atoms with van der Waals surface area (Å²) in [5, 5.41) is 25.8. The van der Waals surface area contributed by atoms with Gasteiger partial charge in [-0.2, -0.15) is 0 Å². The summed E-state index contributed by atoms with van der Waals surface area (Å²) in [6.07, 6.45) is 17.5. The molecule has 0 aromatic rings. The smallest absolute Gasteiger partial charge is 0.326 e. The molecule has 0 heterocycles. The minimum absolute atomic E-state index is 0.0173. The van der Waals surface area contributed by atoms with Gasteiger partial charge in [-0.05, 0) is 51.9 Å². The minimum atomic E-state index is -1.21. The van der Waals surface area contributed by atoms with Crippen molar-refractivity contribution in [2.45, 2.75) is 154 Å². The van der Waals surface area contributed by atoms with Gasteiger partial charge >= 0.3 is 11.9 Å². The zero-order chi connectivity index (χ0) is 36.4. The monoisotopic (exact) mass is 699 g/mol. The fraction of sp³-hybridized carbons (Fsp3) is 0.833. The number of carbonyl (C=O) groups is 6. The highest BCUT2D eigenvalue weighted by molar-refractivity contribution is 5.87. The number of ketones is 1. The molecule has 0 bridgehead atoms. The molecule has 0 aromatic heterocycles. The van der Waals surface area contributed by atoms with E-state index in [1.807, 2.05) is 0 Å². The Bertz CT molecular complexity index is 915. The normalized spacial score (nSPS) is 11.5. The van der Waals surface area contributed by atoms with Crippen LogP contribution in [0.15, 0.2) is 0 Å². The third-order valence-electron chi connectivity index (χ3n) is 7.94. The quantitative estimate of drug-likeness (QED) is 0.0550. The molecular weight excluding hydrogens is 634 g/mol. The number of carboxylic acid groups (broad SMARTS) is 2. The van der Waals surface area contributed by atoms with Crippen molar-refractivity contribution in [2.75, 3.05) is 39.5 Å². The molecule has 0 aromatic carbocycles. The highest BCUT2D eigenvalue weighted by Gasteiger charge is 2.20. The Morgan fingerprint density at radius 3 is 1.35 bits per heavy atom. The molecule has 0 fully saturated rings. The molecule has 0 saturated heterocycles. The number of Topliss-reactive ketones (excluding diaryl/α,β-unsaturated/α-hetero) is 1. The van der Waals surface area contributed by atoms with Crippen LogP contribution in [0.1, 0.15) is 148 Å². The Hall–Kier alpha value is -3.06. The van der Waals surface area contributed by atoms with Gasteiger partial charge in [0.05, 0.1) is 0 Å². The number of unbranched alkanes of at least 4 members (excludes halogenated alkanes) is 12. The maximum absolute atomic E-state index is 12.0. The van der Waals surface area contributed by atoms with E-state index in [2.05, 4.69) is 16.0 Å². The van der Waals surface area contributed by atoms with Crippen LogP contribution in [0.5, 0.6) is 0 Å². The van der Waals surface area contributed by atoms with Gasteiger partial charge in [0.1, 0.15) is 11.8 Å². The van der Waals surface area contributed by atoms with E-state index in [9.17, 15) is 28.8 Å². The van der Waals surface area contributed by atoms with Gasteiger partial charge < -0.3 is 40.4 Å². The summed E-state index contributed by atoms with van der Waals surface area (Å²) in [6, 6.07) is -1.15. The van der Waals surface area contributed by atoms with Crippen molar-refractivity contribution < 1.29 is 48.5 Å². The average molecular weight is 700 g/mol. The van der Waals surface area contributed by atoms with E-state index in [0.717, 1.165) is 51.4 Å². The maximum atomic E-state index is 12.0. The molecule has 49 heavy (non-hydrogen) atoms. The van der Waals surface area contributed by atoms with Crippen LogP contribution < -0.4 is 16.0 Å². The summed E-state index contributed by atoms with van der Waals surface area (Å²) in [5.74, 6) is -2.80. The van der Waals surface area contributed by atoms with Crippen LogP contribution in [-0.2, 0) is 38.2 Å². The average Bonchev–Trinajstić information content (AvgIpc) is 3.05. The van der Waals surface area contributed by atoms with Crippen LogP contribution in [0.25, 0.3) is 0 Å². The number of aliphatic carboxylic acids is 2.